The van der Waals surface area contributed by atoms with E-state index in [2.05, 4.69) is 73.8 Å². The van der Waals surface area contributed by atoms with E-state index in [1.807, 2.05) is 0 Å². The molecule has 0 bridgehead atoms. The number of hydrogen-bond acceptors (Lipinski definition) is 1. The first kappa shape index (κ1) is 13.4. The Hall–Kier alpha value is -1.60. The molecule has 1 aliphatic carbocycles. The zero-order valence-corrected chi connectivity index (χ0v) is 12.3. The number of rotatable bonds is 3. The molecule has 0 aromatic heterocycles. The van der Waals surface area contributed by atoms with Gasteiger partial charge >= 0.3 is 0 Å². The van der Waals surface area contributed by atoms with Crippen LogP contribution in [0.25, 0.3) is 0 Å². The van der Waals surface area contributed by atoms with Crippen LogP contribution in [0, 0.1) is 0 Å². The van der Waals surface area contributed by atoms with Crippen LogP contribution in [0.15, 0.2) is 54.6 Å². The quantitative estimate of drug-likeness (QED) is 0.825. The Morgan fingerprint density at radius 3 is 2.30 bits per heavy atom. The molecule has 0 amide bonds. The smallest absolute Gasteiger partial charge is 0.0328 e. The third-order valence-electron chi connectivity index (χ3n) is 4.54. The Morgan fingerprint density at radius 2 is 1.55 bits per heavy atom. The van der Waals surface area contributed by atoms with Crippen LogP contribution in [0.1, 0.15) is 61.4 Å². The summed E-state index contributed by atoms with van der Waals surface area (Å²) in [7, 11) is 0. The Bertz CT molecular complexity index is 561. The molecule has 1 aliphatic rings. The van der Waals surface area contributed by atoms with Crippen molar-refractivity contribution in [2.24, 2.45) is 0 Å². The van der Waals surface area contributed by atoms with Crippen LogP contribution < -0.4 is 5.32 Å². The molecule has 1 nitrogen and oxygen atoms in total. The van der Waals surface area contributed by atoms with Gasteiger partial charge in [-0.1, -0.05) is 61.5 Å². The van der Waals surface area contributed by atoms with Gasteiger partial charge in [-0.3, -0.25) is 0 Å². The van der Waals surface area contributed by atoms with Gasteiger partial charge in [0.05, 0.1) is 0 Å². The third kappa shape index (κ3) is 2.64. The number of nitrogens with one attached hydrogen (secondary N) is 1. The van der Waals surface area contributed by atoms with Gasteiger partial charge < -0.3 is 5.32 Å². The third-order valence-corrected chi connectivity index (χ3v) is 4.54. The minimum Gasteiger partial charge on any atom is -0.303 e. The van der Waals surface area contributed by atoms with Crippen LogP contribution >= 0.6 is 0 Å². The Balaban J connectivity index is 1.81. The molecule has 0 radical (unpaired) electrons. The van der Waals surface area contributed by atoms with Crippen LogP contribution in [-0.2, 0) is 0 Å². The van der Waals surface area contributed by atoms with Gasteiger partial charge in [-0.2, -0.15) is 0 Å². The van der Waals surface area contributed by atoms with Crippen LogP contribution in [0.4, 0.5) is 0 Å². The van der Waals surface area contributed by atoms with Gasteiger partial charge in [0.1, 0.15) is 0 Å². The number of fused-ring (bicyclic) bond motifs is 1. The van der Waals surface area contributed by atoms with Crippen LogP contribution in [0.5, 0.6) is 0 Å². The highest BCUT2D eigenvalue weighted by Gasteiger charge is 2.25. The topological polar surface area (TPSA) is 12.0 Å². The second-order valence-corrected chi connectivity index (χ2v) is 5.96. The van der Waals surface area contributed by atoms with E-state index in [1.165, 1.54) is 29.5 Å². The molecule has 0 fully saturated rings. The lowest BCUT2D eigenvalue weighted by Crippen LogP contribution is -2.28. The minimum atomic E-state index is 0.391. The van der Waals surface area contributed by atoms with Gasteiger partial charge in [-0.25, -0.2) is 0 Å². The second kappa shape index (κ2) is 5.80. The Kier molecular flexibility index (Phi) is 3.88. The minimum absolute atomic E-state index is 0.391. The van der Waals surface area contributed by atoms with Crippen molar-refractivity contribution in [1.82, 2.24) is 5.32 Å². The van der Waals surface area contributed by atoms with Gasteiger partial charge in [0, 0.05) is 12.1 Å². The SMILES string of the molecule is CC1CCC(N[C@H](C)c2ccccc2)c2ccccc21. The fraction of sp³-hybridized carbons (Fsp3) is 0.368. The highest BCUT2D eigenvalue weighted by molar-refractivity contribution is 5.35. The molecule has 0 aliphatic heterocycles. The summed E-state index contributed by atoms with van der Waals surface area (Å²) in [5.74, 6) is 0.691. The summed E-state index contributed by atoms with van der Waals surface area (Å²) >= 11 is 0. The lowest BCUT2D eigenvalue weighted by Gasteiger charge is -2.32. The molecular formula is C19H23N. The molecule has 2 unspecified atom stereocenters. The van der Waals surface area contributed by atoms with Crippen molar-refractivity contribution in [3.63, 3.8) is 0 Å². The molecule has 1 heteroatoms. The molecule has 3 atom stereocenters. The summed E-state index contributed by atoms with van der Waals surface area (Å²) in [4.78, 5) is 0. The maximum Gasteiger partial charge on any atom is 0.0328 e. The molecule has 1 N–H and O–H groups in total. The number of benzene rings is 2. The van der Waals surface area contributed by atoms with E-state index in [0.29, 0.717) is 18.0 Å². The van der Waals surface area contributed by atoms with Gasteiger partial charge in [0.25, 0.3) is 0 Å². The summed E-state index contributed by atoms with van der Waals surface area (Å²) in [5, 5.41) is 3.81. The van der Waals surface area contributed by atoms with E-state index in [-0.39, 0.29) is 0 Å². The largest absolute Gasteiger partial charge is 0.303 e. The van der Waals surface area contributed by atoms with Crippen molar-refractivity contribution in [3.8, 4) is 0 Å². The molecule has 20 heavy (non-hydrogen) atoms. The first-order valence-corrected chi connectivity index (χ1v) is 7.65. The number of hydrogen-bond donors (Lipinski definition) is 1. The summed E-state index contributed by atoms with van der Waals surface area (Å²) in [6.45, 7) is 4.60. The average molecular weight is 265 g/mol. The molecule has 0 heterocycles. The zero-order chi connectivity index (χ0) is 13.9. The van der Waals surface area contributed by atoms with Crippen molar-refractivity contribution in [3.05, 3.63) is 71.3 Å². The maximum atomic E-state index is 3.81. The van der Waals surface area contributed by atoms with E-state index in [4.69, 9.17) is 0 Å². The van der Waals surface area contributed by atoms with E-state index in [1.54, 1.807) is 0 Å². The Morgan fingerprint density at radius 1 is 0.900 bits per heavy atom. The normalized spacial score (nSPS) is 23.1. The highest BCUT2D eigenvalue weighted by atomic mass is 14.9. The summed E-state index contributed by atoms with van der Waals surface area (Å²) < 4.78 is 0. The summed E-state index contributed by atoms with van der Waals surface area (Å²) in [6, 6.07) is 20.5. The van der Waals surface area contributed by atoms with Crippen molar-refractivity contribution < 1.29 is 0 Å². The van der Waals surface area contributed by atoms with E-state index < -0.39 is 0 Å². The van der Waals surface area contributed by atoms with Crippen molar-refractivity contribution in [1.29, 1.82) is 0 Å². The van der Waals surface area contributed by atoms with Crippen LogP contribution in [0.3, 0.4) is 0 Å². The van der Waals surface area contributed by atoms with Gasteiger partial charge in [-0.05, 0) is 42.4 Å². The van der Waals surface area contributed by atoms with Gasteiger partial charge in [0.15, 0.2) is 0 Å². The van der Waals surface area contributed by atoms with E-state index in [0.717, 1.165) is 0 Å². The van der Waals surface area contributed by atoms with Crippen LogP contribution in [-0.4, -0.2) is 0 Å². The predicted molar refractivity (Wildman–Crippen MR) is 84.8 cm³/mol. The molecule has 2 aromatic carbocycles. The molecular weight excluding hydrogens is 242 g/mol. The predicted octanol–water partition coefficient (Wildman–Crippen LogP) is 4.98. The summed E-state index contributed by atoms with van der Waals surface area (Å²) in [5.41, 5.74) is 4.38. The lowest BCUT2D eigenvalue weighted by atomic mass is 9.81. The molecule has 104 valence electrons. The fourth-order valence-electron chi connectivity index (χ4n) is 3.32. The highest BCUT2D eigenvalue weighted by Crippen LogP contribution is 2.38. The molecule has 0 saturated carbocycles. The molecule has 2 aromatic rings. The first-order valence-electron chi connectivity index (χ1n) is 7.65. The van der Waals surface area contributed by atoms with Crippen molar-refractivity contribution in [2.75, 3.05) is 0 Å². The average Bonchev–Trinajstić information content (AvgIpc) is 2.51. The monoisotopic (exact) mass is 265 g/mol. The van der Waals surface area contributed by atoms with Gasteiger partial charge in [-0.15, -0.1) is 0 Å². The van der Waals surface area contributed by atoms with E-state index in [9.17, 15) is 0 Å². The molecule has 3 rings (SSSR count). The van der Waals surface area contributed by atoms with E-state index >= 15 is 0 Å². The molecule has 0 spiro atoms. The zero-order valence-electron chi connectivity index (χ0n) is 12.3. The summed E-state index contributed by atoms with van der Waals surface area (Å²) in [6.07, 6.45) is 2.51. The first-order chi connectivity index (χ1) is 9.75. The van der Waals surface area contributed by atoms with Crippen LogP contribution in [0.2, 0.25) is 0 Å². The van der Waals surface area contributed by atoms with Crippen molar-refractivity contribution >= 4 is 0 Å². The van der Waals surface area contributed by atoms with Gasteiger partial charge in [0.2, 0.25) is 0 Å². The molecule has 0 saturated heterocycles. The standard InChI is InChI=1S/C19H23N/c1-14-12-13-19(18-11-7-6-10-17(14)18)20-15(2)16-8-4-3-5-9-16/h3-11,14-15,19-20H,12-13H2,1-2H3/t14?,15-,19?/m1/s1. The lowest BCUT2D eigenvalue weighted by molar-refractivity contribution is 0.396. The van der Waals surface area contributed by atoms with Crippen molar-refractivity contribution in [2.45, 2.75) is 44.7 Å². The second-order valence-electron chi connectivity index (χ2n) is 5.96. The Labute approximate surface area is 122 Å². The maximum absolute atomic E-state index is 3.81. The fourth-order valence-corrected chi connectivity index (χ4v) is 3.32.